The fourth-order valence-corrected chi connectivity index (χ4v) is 3.13. The van der Waals surface area contributed by atoms with Gasteiger partial charge in [0, 0.05) is 5.02 Å². The fourth-order valence-electron chi connectivity index (χ4n) is 1.71. The van der Waals surface area contributed by atoms with Crippen LogP contribution in [-0.2, 0) is 0 Å². The SMILES string of the molecule is C[C@@H](Oc1ccc(Cl)cc1Br)c1nnc(-c2cccs2)o1. The van der Waals surface area contributed by atoms with Crippen LogP contribution in [-0.4, -0.2) is 10.2 Å². The van der Waals surface area contributed by atoms with Gasteiger partial charge in [0.1, 0.15) is 5.75 Å². The van der Waals surface area contributed by atoms with Gasteiger partial charge in [-0.1, -0.05) is 17.7 Å². The largest absolute Gasteiger partial charge is 0.480 e. The Balaban J connectivity index is 1.78. The minimum Gasteiger partial charge on any atom is -0.480 e. The summed E-state index contributed by atoms with van der Waals surface area (Å²) in [6, 6.07) is 9.20. The first kappa shape index (κ1) is 14.6. The van der Waals surface area contributed by atoms with Crippen LogP contribution in [0.3, 0.4) is 0 Å². The molecule has 0 aliphatic carbocycles. The number of ether oxygens (including phenoxy) is 1. The van der Waals surface area contributed by atoms with Crippen molar-refractivity contribution in [3.63, 3.8) is 0 Å². The number of thiophene rings is 1. The third kappa shape index (κ3) is 3.28. The maximum atomic E-state index is 5.91. The van der Waals surface area contributed by atoms with Gasteiger partial charge in [0.05, 0.1) is 9.35 Å². The average Bonchev–Trinajstić information content (AvgIpc) is 3.10. The van der Waals surface area contributed by atoms with Gasteiger partial charge < -0.3 is 9.15 Å². The van der Waals surface area contributed by atoms with Crippen LogP contribution in [0.2, 0.25) is 5.02 Å². The number of nitrogens with zero attached hydrogens (tertiary/aromatic N) is 2. The molecule has 0 radical (unpaired) electrons. The second kappa shape index (κ2) is 6.17. The van der Waals surface area contributed by atoms with Crippen molar-refractivity contribution in [1.82, 2.24) is 10.2 Å². The van der Waals surface area contributed by atoms with Gasteiger partial charge in [0.25, 0.3) is 11.8 Å². The Bertz CT molecular complexity index is 745. The van der Waals surface area contributed by atoms with Gasteiger partial charge in [-0.3, -0.25) is 0 Å². The topological polar surface area (TPSA) is 48.2 Å². The van der Waals surface area contributed by atoms with E-state index < -0.39 is 0 Å². The Kier molecular flexibility index (Phi) is 4.28. The molecule has 0 spiro atoms. The van der Waals surface area contributed by atoms with Gasteiger partial charge in [-0.2, -0.15) is 0 Å². The maximum Gasteiger partial charge on any atom is 0.257 e. The second-order valence-corrected chi connectivity index (χ2v) is 6.50. The van der Waals surface area contributed by atoms with Crippen LogP contribution >= 0.6 is 38.9 Å². The Morgan fingerprint density at radius 2 is 2.19 bits per heavy atom. The normalized spacial score (nSPS) is 12.3. The van der Waals surface area contributed by atoms with Crippen molar-refractivity contribution < 1.29 is 9.15 Å². The van der Waals surface area contributed by atoms with Gasteiger partial charge in [-0.15, -0.1) is 21.5 Å². The highest BCUT2D eigenvalue weighted by Crippen LogP contribution is 2.32. The van der Waals surface area contributed by atoms with Crippen LogP contribution in [0.15, 0.2) is 44.6 Å². The van der Waals surface area contributed by atoms with E-state index in [1.807, 2.05) is 24.4 Å². The van der Waals surface area contributed by atoms with Crippen LogP contribution in [0.25, 0.3) is 10.8 Å². The summed E-state index contributed by atoms with van der Waals surface area (Å²) in [5, 5.41) is 10.7. The molecule has 0 unspecified atom stereocenters. The summed E-state index contributed by atoms with van der Waals surface area (Å²) >= 11 is 10.9. The molecule has 21 heavy (non-hydrogen) atoms. The molecule has 3 rings (SSSR count). The summed E-state index contributed by atoms with van der Waals surface area (Å²) in [6.07, 6.45) is -0.358. The lowest BCUT2D eigenvalue weighted by Crippen LogP contribution is -2.03. The van der Waals surface area contributed by atoms with Crippen molar-refractivity contribution >= 4 is 38.9 Å². The number of hydrogen-bond donors (Lipinski definition) is 0. The molecule has 0 saturated carbocycles. The molecule has 0 aliphatic heterocycles. The molecule has 0 N–H and O–H groups in total. The van der Waals surface area contributed by atoms with E-state index in [-0.39, 0.29) is 6.10 Å². The number of aromatic nitrogens is 2. The van der Waals surface area contributed by atoms with Crippen LogP contribution < -0.4 is 4.74 Å². The van der Waals surface area contributed by atoms with Crippen LogP contribution in [0.4, 0.5) is 0 Å². The summed E-state index contributed by atoms with van der Waals surface area (Å²) in [7, 11) is 0. The van der Waals surface area contributed by atoms with E-state index in [0.29, 0.717) is 22.6 Å². The summed E-state index contributed by atoms with van der Waals surface area (Å²) in [4.78, 5) is 0.939. The average molecular weight is 386 g/mol. The number of halogens is 2. The molecule has 0 fully saturated rings. The first-order valence-electron chi connectivity index (χ1n) is 6.12. The molecule has 1 aromatic carbocycles. The van der Waals surface area contributed by atoms with Crippen molar-refractivity contribution in [2.45, 2.75) is 13.0 Å². The smallest absolute Gasteiger partial charge is 0.257 e. The van der Waals surface area contributed by atoms with Crippen LogP contribution in [0, 0.1) is 0 Å². The minimum absolute atomic E-state index is 0.358. The highest BCUT2D eigenvalue weighted by atomic mass is 79.9. The molecule has 3 aromatic rings. The van der Waals surface area contributed by atoms with Gasteiger partial charge in [-0.25, -0.2) is 0 Å². The molecule has 2 heterocycles. The first-order valence-corrected chi connectivity index (χ1v) is 8.17. The molecule has 0 amide bonds. The highest BCUT2D eigenvalue weighted by Gasteiger charge is 2.18. The Hall–Kier alpha value is -1.37. The molecular weight excluding hydrogens is 376 g/mol. The molecule has 4 nitrogen and oxygen atoms in total. The number of rotatable bonds is 4. The van der Waals surface area contributed by atoms with Gasteiger partial charge >= 0.3 is 0 Å². The van der Waals surface area contributed by atoms with Crippen molar-refractivity contribution in [2.75, 3.05) is 0 Å². The van der Waals surface area contributed by atoms with E-state index in [4.69, 9.17) is 20.8 Å². The van der Waals surface area contributed by atoms with Crippen LogP contribution in [0.5, 0.6) is 5.75 Å². The number of hydrogen-bond acceptors (Lipinski definition) is 5. The summed E-state index contributed by atoms with van der Waals surface area (Å²) in [5.74, 6) is 1.61. The lowest BCUT2D eigenvalue weighted by atomic mass is 10.3. The molecule has 0 bridgehead atoms. The van der Waals surface area contributed by atoms with E-state index >= 15 is 0 Å². The molecule has 0 saturated heterocycles. The fraction of sp³-hybridized carbons (Fsp3) is 0.143. The zero-order chi connectivity index (χ0) is 14.8. The maximum absolute atomic E-state index is 5.91. The third-order valence-corrected chi connectivity index (χ3v) is 4.43. The van der Waals surface area contributed by atoms with Gasteiger partial charge in [-0.05, 0) is 52.5 Å². The molecule has 1 atom stereocenters. The van der Waals surface area contributed by atoms with E-state index in [2.05, 4.69) is 26.1 Å². The summed E-state index contributed by atoms with van der Waals surface area (Å²) in [6.45, 7) is 1.85. The molecule has 2 aromatic heterocycles. The minimum atomic E-state index is -0.358. The molecular formula is C14H10BrClN2O2S. The second-order valence-electron chi connectivity index (χ2n) is 4.26. The molecule has 0 aliphatic rings. The van der Waals surface area contributed by atoms with Gasteiger partial charge in [0.2, 0.25) is 0 Å². The Labute approximate surface area is 138 Å². The molecule has 108 valence electrons. The van der Waals surface area contributed by atoms with E-state index in [1.54, 1.807) is 29.5 Å². The lowest BCUT2D eigenvalue weighted by molar-refractivity contribution is 0.188. The lowest BCUT2D eigenvalue weighted by Gasteiger charge is -2.12. The zero-order valence-electron chi connectivity index (χ0n) is 10.9. The zero-order valence-corrected chi connectivity index (χ0v) is 14.1. The van der Waals surface area contributed by atoms with Crippen LogP contribution in [0.1, 0.15) is 18.9 Å². The Morgan fingerprint density at radius 1 is 1.33 bits per heavy atom. The Morgan fingerprint density at radius 3 is 2.90 bits per heavy atom. The summed E-state index contributed by atoms with van der Waals surface area (Å²) in [5.41, 5.74) is 0. The highest BCUT2D eigenvalue weighted by molar-refractivity contribution is 9.10. The van der Waals surface area contributed by atoms with Crippen molar-refractivity contribution in [3.8, 4) is 16.5 Å². The van der Waals surface area contributed by atoms with Crippen molar-refractivity contribution in [1.29, 1.82) is 0 Å². The quantitative estimate of drug-likeness (QED) is 0.607. The monoisotopic (exact) mass is 384 g/mol. The standard InChI is InChI=1S/C14H10BrClN2O2S/c1-8(19-11-5-4-9(16)7-10(11)15)13-17-18-14(20-13)12-3-2-6-21-12/h2-8H,1H3/t8-/m1/s1. The predicted molar refractivity (Wildman–Crippen MR) is 85.8 cm³/mol. The van der Waals surface area contributed by atoms with Crippen molar-refractivity contribution in [3.05, 3.63) is 51.1 Å². The van der Waals surface area contributed by atoms with E-state index in [1.165, 1.54) is 0 Å². The van der Waals surface area contributed by atoms with Gasteiger partial charge in [0.15, 0.2) is 6.10 Å². The van der Waals surface area contributed by atoms with Crippen molar-refractivity contribution in [2.24, 2.45) is 0 Å². The summed E-state index contributed by atoms with van der Waals surface area (Å²) < 4.78 is 12.2. The van der Waals surface area contributed by atoms with E-state index in [0.717, 1.165) is 9.35 Å². The first-order chi connectivity index (χ1) is 10.1. The van der Waals surface area contributed by atoms with E-state index in [9.17, 15) is 0 Å². The number of benzene rings is 1. The predicted octanol–water partition coefficient (Wildman–Crippen LogP) is 5.35. The third-order valence-electron chi connectivity index (χ3n) is 2.72. The molecule has 7 heteroatoms.